The topological polar surface area (TPSA) is 59.1 Å². The van der Waals surface area contributed by atoms with Crippen LogP contribution in [0.3, 0.4) is 0 Å². The van der Waals surface area contributed by atoms with Gasteiger partial charge in [-0.05, 0) is 37.3 Å². The molecule has 1 aliphatic rings. The van der Waals surface area contributed by atoms with Crippen molar-refractivity contribution < 1.29 is 5.11 Å². The van der Waals surface area contributed by atoms with Gasteiger partial charge in [0.2, 0.25) is 0 Å². The number of nitrogens with zero attached hydrogens (tertiary/aromatic N) is 1. The Hall–Kier alpha value is -0.930. The van der Waals surface area contributed by atoms with E-state index in [1.165, 1.54) is 38.5 Å². The largest absolute Gasteiger partial charge is 0.396 e. The van der Waals surface area contributed by atoms with Gasteiger partial charge >= 0.3 is 0 Å². The molecule has 3 nitrogen and oxygen atoms in total. The van der Waals surface area contributed by atoms with E-state index in [0.717, 1.165) is 23.7 Å². The molecule has 0 aromatic carbocycles. The minimum Gasteiger partial charge on any atom is -0.396 e. The lowest BCUT2D eigenvalue weighted by molar-refractivity contribution is 0.275. The maximum atomic E-state index is 8.93. The van der Waals surface area contributed by atoms with Crippen LogP contribution >= 0.6 is 0 Å². The highest BCUT2D eigenvalue weighted by Crippen LogP contribution is 2.27. The molecule has 0 aliphatic heterocycles. The molecule has 1 fully saturated rings. The summed E-state index contributed by atoms with van der Waals surface area (Å²) in [5, 5.41) is 8.93. The van der Waals surface area contributed by atoms with Crippen LogP contribution in [0.2, 0.25) is 0 Å². The van der Waals surface area contributed by atoms with Crippen LogP contribution in [0.5, 0.6) is 0 Å². The molecule has 1 aromatic heterocycles. The predicted molar refractivity (Wildman–Crippen MR) is 77.8 cm³/mol. The molecule has 0 spiro atoms. The monoisotopic (exact) mass is 262 g/mol. The van der Waals surface area contributed by atoms with E-state index >= 15 is 0 Å². The van der Waals surface area contributed by atoms with Gasteiger partial charge in [0.15, 0.2) is 0 Å². The van der Waals surface area contributed by atoms with E-state index in [-0.39, 0.29) is 12.6 Å². The molecule has 1 aromatic rings. The number of pyridine rings is 1. The molecule has 1 unspecified atom stereocenters. The number of hydrogen-bond acceptors (Lipinski definition) is 3. The van der Waals surface area contributed by atoms with Crippen LogP contribution in [-0.4, -0.2) is 16.7 Å². The van der Waals surface area contributed by atoms with Crippen LogP contribution in [-0.2, 0) is 6.42 Å². The number of hydrogen-bond donors (Lipinski definition) is 2. The summed E-state index contributed by atoms with van der Waals surface area (Å²) in [6.45, 7) is 0.120. The average Bonchev–Trinajstić information content (AvgIpc) is 2.47. The maximum absolute atomic E-state index is 8.93. The molecule has 1 aliphatic carbocycles. The summed E-state index contributed by atoms with van der Waals surface area (Å²) in [4.78, 5) is 4.64. The third-order valence-corrected chi connectivity index (χ3v) is 4.18. The van der Waals surface area contributed by atoms with Gasteiger partial charge in [-0.25, -0.2) is 0 Å². The molecular formula is C16H26N2O. The standard InChI is InChI=1S/C16H26N2O/c17-15(11-12-19)16-8-4-7-14(18-16)10-9-13-5-2-1-3-6-13/h4,7-8,13,15,19H,1-3,5-6,9-12,17H2. The normalized spacial score (nSPS) is 18.4. The summed E-state index contributed by atoms with van der Waals surface area (Å²) in [7, 11) is 0. The lowest BCUT2D eigenvalue weighted by atomic mass is 9.86. The van der Waals surface area contributed by atoms with Crippen LogP contribution in [0.1, 0.15) is 62.4 Å². The van der Waals surface area contributed by atoms with Gasteiger partial charge < -0.3 is 10.8 Å². The first-order valence-electron chi connectivity index (χ1n) is 7.62. The molecular weight excluding hydrogens is 236 g/mol. The molecule has 3 heteroatoms. The van der Waals surface area contributed by atoms with Crippen molar-refractivity contribution in [1.29, 1.82) is 0 Å². The average molecular weight is 262 g/mol. The number of aliphatic hydroxyl groups is 1. The fourth-order valence-electron chi connectivity index (χ4n) is 2.96. The van der Waals surface area contributed by atoms with Crippen LogP contribution in [0.4, 0.5) is 0 Å². The Morgan fingerprint density at radius 2 is 2.05 bits per heavy atom. The Morgan fingerprint density at radius 3 is 2.79 bits per heavy atom. The molecule has 0 radical (unpaired) electrons. The lowest BCUT2D eigenvalue weighted by Crippen LogP contribution is -2.14. The van der Waals surface area contributed by atoms with Gasteiger partial charge in [0.25, 0.3) is 0 Å². The molecule has 3 N–H and O–H groups in total. The molecule has 1 saturated carbocycles. The molecule has 19 heavy (non-hydrogen) atoms. The third-order valence-electron chi connectivity index (χ3n) is 4.18. The lowest BCUT2D eigenvalue weighted by Gasteiger charge is -2.21. The molecule has 0 saturated heterocycles. The third kappa shape index (κ3) is 4.59. The minimum atomic E-state index is -0.139. The summed E-state index contributed by atoms with van der Waals surface area (Å²) < 4.78 is 0. The number of aromatic nitrogens is 1. The SMILES string of the molecule is NC(CCO)c1cccc(CCC2CCCCC2)n1. The Bertz CT molecular complexity index is 375. The highest BCUT2D eigenvalue weighted by Gasteiger charge is 2.14. The molecule has 106 valence electrons. The van der Waals surface area contributed by atoms with E-state index in [1.54, 1.807) is 0 Å². The van der Waals surface area contributed by atoms with E-state index in [4.69, 9.17) is 10.8 Å². The molecule has 1 atom stereocenters. The van der Waals surface area contributed by atoms with Crippen molar-refractivity contribution in [1.82, 2.24) is 4.98 Å². The van der Waals surface area contributed by atoms with Crippen molar-refractivity contribution in [3.05, 3.63) is 29.6 Å². The highest BCUT2D eigenvalue weighted by atomic mass is 16.3. The fourth-order valence-corrected chi connectivity index (χ4v) is 2.96. The second kappa shape index (κ2) is 7.61. The number of rotatable bonds is 6. The number of aryl methyl sites for hydroxylation is 1. The second-order valence-electron chi connectivity index (χ2n) is 5.72. The van der Waals surface area contributed by atoms with Gasteiger partial charge in [-0.2, -0.15) is 0 Å². The Balaban J connectivity index is 1.87. The first-order valence-corrected chi connectivity index (χ1v) is 7.62. The van der Waals surface area contributed by atoms with E-state index in [1.807, 2.05) is 12.1 Å². The van der Waals surface area contributed by atoms with Gasteiger partial charge in [-0.3, -0.25) is 4.98 Å². The van der Waals surface area contributed by atoms with Crippen LogP contribution < -0.4 is 5.73 Å². The predicted octanol–water partition coefficient (Wildman–Crippen LogP) is 2.98. The van der Waals surface area contributed by atoms with Crippen molar-refractivity contribution in [2.24, 2.45) is 11.7 Å². The molecule has 1 heterocycles. The van der Waals surface area contributed by atoms with Gasteiger partial charge in [0, 0.05) is 18.3 Å². The summed E-state index contributed by atoms with van der Waals surface area (Å²) in [6, 6.07) is 5.96. The second-order valence-corrected chi connectivity index (χ2v) is 5.72. The molecule has 0 amide bonds. The van der Waals surface area contributed by atoms with Crippen LogP contribution in [0, 0.1) is 5.92 Å². The quantitative estimate of drug-likeness (QED) is 0.828. The number of aliphatic hydroxyl groups excluding tert-OH is 1. The summed E-state index contributed by atoms with van der Waals surface area (Å²) in [6.07, 6.45) is 9.90. The maximum Gasteiger partial charge on any atom is 0.0575 e. The van der Waals surface area contributed by atoms with Crippen molar-refractivity contribution in [3.8, 4) is 0 Å². The summed E-state index contributed by atoms with van der Waals surface area (Å²) in [5.74, 6) is 0.894. The Morgan fingerprint density at radius 1 is 1.26 bits per heavy atom. The smallest absolute Gasteiger partial charge is 0.0575 e. The summed E-state index contributed by atoms with van der Waals surface area (Å²) in [5.41, 5.74) is 8.05. The minimum absolute atomic E-state index is 0.120. The van der Waals surface area contributed by atoms with Gasteiger partial charge in [-0.1, -0.05) is 38.2 Å². The van der Waals surface area contributed by atoms with Gasteiger partial charge in [0.05, 0.1) is 5.69 Å². The first kappa shape index (κ1) is 14.5. The van der Waals surface area contributed by atoms with E-state index in [2.05, 4.69) is 11.1 Å². The van der Waals surface area contributed by atoms with E-state index < -0.39 is 0 Å². The zero-order valence-corrected chi connectivity index (χ0v) is 11.7. The first-order chi connectivity index (χ1) is 9.29. The highest BCUT2D eigenvalue weighted by molar-refractivity contribution is 5.14. The Labute approximate surface area is 116 Å². The Kier molecular flexibility index (Phi) is 5.80. The molecule has 2 rings (SSSR count). The van der Waals surface area contributed by atoms with Crippen LogP contribution in [0.15, 0.2) is 18.2 Å². The zero-order chi connectivity index (χ0) is 13.5. The van der Waals surface area contributed by atoms with Crippen molar-refractivity contribution in [3.63, 3.8) is 0 Å². The van der Waals surface area contributed by atoms with E-state index in [0.29, 0.717) is 6.42 Å². The van der Waals surface area contributed by atoms with E-state index in [9.17, 15) is 0 Å². The van der Waals surface area contributed by atoms with Crippen molar-refractivity contribution in [2.45, 2.75) is 57.4 Å². The van der Waals surface area contributed by atoms with Crippen molar-refractivity contribution in [2.75, 3.05) is 6.61 Å². The fraction of sp³-hybridized carbons (Fsp3) is 0.688. The number of nitrogens with two attached hydrogens (primary N) is 1. The van der Waals surface area contributed by atoms with Gasteiger partial charge in [-0.15, -0.1) is 0 Å². The van der Waals surface area contributed by atoms with Crippen molar-refractivity contribution >= 4 is 0 Å². The zero-order valence-electron chi connectivity index (χ0n) is 11.7. The molecule has 0 bridgehead atoms. The van der Waals surface area contributed by atoms with Crippen LogP contribution in [0.25, 0.3) is 0 Å². The summed E-state index contributed by atoms with van der Waals surface area (Å²) >= 11 is 0. The van der Waals surface area contributed by atoms with Gasteiger partial charge in [0.1, 0.15) is 0 Å².